The van der Waals surface area contributed by atoms with Crippen LogP contribution in [0, 0.1) is 11.7 Å². The standard InChI is InChI=1S/C15H17FN4O2S/c1-2-12-13(23-20-19-12)15(22)18-8-10(14(17)21)7-9-3-5-11(16)6-4-9/h3-6,10H,2,7-8H2,1H3,(H2,17,21)(H,18,22). The third kappa shape index (κ3) is 4.56. The van der Waals surface area contributed by atoms with E-state index in [0.717, 1.165) is 17.1 Å². The van der Waals surface area contributed by atoms with Crippen LogP contribution in [0.25, 0.3) is 0 Å². The zero-order valence-corrected chi connectivity index (χ0v) is 13.4. The Morgan fingerprint density at radius 1 is 1.35 bits per heavy atom. The monoisotopic (exact) mass is 336 g/mol. The van der Waals surface area contributed by atoms with Crippen LogP contribution in [0.15, 0.2) is 24.3 Å². The molecule has 0 aliphatic carbocycles. The van der Waals surface area contributed by atoms with Crippen LogP contribution in [0.4, 0.5) is 4.39 Å². The van der Waals surface area contributed by atoms with Gasteiger partial charge in [-0.05, 0) is 42.1 Å². The number of aryl methyl sites for hydroxylation is 1. The molecule has 0 spiro atoms. The van der Waals surface area contributed by atoms with Gasteiger partial charge in [0.25, 0.3) is 5.91 Å². The molecule has 0 aliphatic rings. The molecule has 0 saturated heterocycles. The molecule has 3 N–H and O–H groups in total. The Hall–Kier alpha value is -2.35. The van der Waals surface area contributed by atoms with Crippen LogP contribution in [-0.4, -0.2) is 27.9 Å². The van der Waals surface area contributed by atoms with Crippen molar-refractivity contribution in [3.05, 3.63) is 46.2 Å². The number of carbonyl (C=O) groups excluding carboxylic acids is 2. The van der Waals surface area contributed by atoms with Gasteiger partial charge in [0.2, 0.25) is 5.91 Å². The van der Waals surface area contributed by atoms with Crippen molar-refractivity contribution >= 4 is 23.3 Å². The molecule has 0 aliphatic heterocycles. The van der Waals surface area contributed by atoms with Crippen molar-refractivity contribution in [1.29, 1.82) is 0 Å². The lowest BCUT2D eigenvalue weighted by atomic mass is 9.98. The first-order valence-electron chi connectivity index (χ1n) is 7.14. The van der Waals surface area contributed by atoms with Gasteiger partial charge in [0.1, 0.15) is 10.7 Å². The van der Waals surface area contributed by atoms with Crippen LogP contribution in [-0.2, 0) is 17.6 Å². The quantitative estimate of drug-likeness (QED) is 0.796. The van der Waals surface area contributed by atoms with Crippen LogP contribution in [0.3, 0.4) is 0 Å². The maximum atomic E-state index is 12.9. The Balaban J connectivity index is 1.98. The molecular formula is C15H17FN4O2S. The summed E-state index contributed by atoms with van der Waals surface area (Å²) in [6.07, 6.45) is 0.936. The lowest BCUT2D eigenvalue weighted by Crippen LogP contribution is -2.37. The van der Waals surface area contributed by atoms with Crippen LogP contribution in [0.2, 0.25) is 0 Å². The Morgan fingerprint density at radius 2 is 2.04 bits per heavy atom. The Bertz CT molecular complexity index is 687. The van der Waals surface area contributed by atoms with Gasteiger partial charge in [-0.15, -0.1) is 5.10 Å². The van der Waals surface area contributed by atoms with Gasteiger partial charge >= 0.3 is 0 Å². The van der Waals surface area contributed by atoms with Crippen molar-refractivity contribution in [2.75, 3.05) is 6.54 Å². The Kier molecular flexibility index (Phi) is 5.75. The number of hydrogen-bond donors (Lipinski definition) is 2. The van der Waals surface area contributed by atoms with Crippen molar-refractivity contribution in [3.63, 3.8) is 0 Å². The first-order valence-corrected chi connectivity index (χ1v) is 7.91. The van der Waals surface area contributed by atoms with E-state index < -0.39 is 11.8 Å². The van der Waals surface area contributed by atoms with E-state index in [1.54, 1.807) is 12.1 Å². The fourth-order valence-corrected chi connectivity index (χ4v) is 2.75. The van der Waals surface area contributed by atoms with Gasteiger partial charge in [-0.2, -0.15) is 0 Å². The first kappa shape index (κ1) is 17.0. The third-order valence-corrected chi connectivity index (χ3v) is 4.17. The van der Waals surface area contributed by atoms with E-state index in [9.17, 15) is 14.0 Å². The van der Waals surface area contributed by atoms with Gasteiger partial charge in [0.05, 0.1) is 11.6 Å². The average molecular weight is 336 g/mol. The zero-order valence-electron chi connectivity index (χ0n) is 12.6. The second-order valence-electron chi connectivity index (χ2n) is 5.04. The van der Waals surface area contributed by atoms with E-state index >= 15 is 0 Å². The summed E-state index contributed by atoms with van der Waals surface area (Å²) in [5, 5.41) is 6.56. The summed E-state index contributed by atoms with van der Waals surface area (Å²) in [4.78, 5) is 24.1. The highest BCUT2D eigenvalue weighted by Gasteiger charge is 2.20. The largest absolute Gasteiger partial charge is 0.369 e. The maximum Gasteiger partial charge on any atom is 0.264 e. The highest BCUT2D eigenvalue weighted by molar-refractivity contribution is 7.08. The number of benzene rings is 1. The highest BCUT2D eigenvalue weighted by Crippen LogP contribution is 2.12. The molecule has 1 aromatic heterocycles. The maximum absolute atomic E-state index is 12.9. The Morgan fingerprint density at radius 3 is 2.65 bits per heavy atom. The number of primary amides is 1. The Labute approximate surface area is 137 Å². The minimum Gasteiger partial charge on any atom is -0.369 e. The van der Waals surface area contributed by atoms with E-state index in [0.29, 0.717) is 23.4 Å². The van der Waals surface area contributed by atoms with Crippen LogP contribution in [0.1, 0.15) is 27.9 Å². The minimum atomic E-state index is -0.574. The molecule has 1 aromatic carbocycles. The summed E-state index contributed by atoms with van der Waals surface area (Å²) in [6.45, 7) is 1.99. The number of amides is 2. The number of nitrogens with two attached hydrogens (primary N) is 1. The van der Waals surface area contributed by atoms with Gasteiger partial charge in [-0.3, -0.25) is 9.59 Å². The second-order valence-corrected chi connectivity index (χ2v) is 5.80. The van der Waals surface area contributed by atoms with Gasteiger partial charge < -0.3 is 11.1 Å². The van der Waals surface area contributed by atoms with Crippen molar-refractivity contribution in [3.8, 4) is 0 Å². The minimum absolute atomic E-state index is 0.104. The number of carbonyl (C=O) groups is 2. The van der Waals surface area contributed by atoms with Crippen LogP contribution < -0.4 is 11.1 Å². The fourth-order valence-electron chi connectivity index (χ4n) is 2.09. The van der Waals surface area contributed by atoms with E-state index in [-0.39, 0.29) is 18.3 Å². The van der Waals surface area contributed by atoms with E-state index in [4.69, 9.17) is 5.73 Å². The van der Waals surface area contributed by atoms with Crippen LogP contribution in [0.5, 0.6) is 0 Å². The summed E-state index contributed by atoms with van der Waals surface area (Å²) in [5.74, 6) is -1.76. The molecule has 0 radical (unpaired) electrons. The summed E-state index contributed by atoms with van der Waals surface area (Å²) in [7, 11) is 0. The van der Waals surface area contributed by atoms with Crippen molar-refractivity contribution in [2.24, 2.45) is 11.7 Å². The van der Waals surface area contributed by atoms with Crippen molar-refractivity contribution < 1.29 is 14.0 Å². The molecule has 1 atom stereocenters. The molecule has 2 rings (SSSR count). The second kappa shape index (κ2) is 7.77. The predicted octanol–water partition coefficient (Wildman–Crippen LogP) is 1.31. The van der Waals surface area contributed by atoms with E-state index in [2.05, 4.69) is 14.9 Å². The van der Waals surface area contributed by atoms with Gasteiger partial charge in [-0.25, -0.2) is 4.39 Å². The normalized spacial score (nSPS) is 11.9. The number of hydrogen-bond acceptors (Lipinski definition) is 5. The predicted molar refractivity (Wildman–Crippen MR) is 84.4 cm³/mol. The molecule has 2 aromatic rings. The molecule has 0 saturated carbocycles. The number of aromatic nitrogens is 2. The highest BCUT2D eigenvalue weighted by atomic mass is 32.1. The summed E-state index contributed by atoms with van der Waals surface area (Å²) in [6, 6.07) is 5.83. The first-order chi connectivity index (χ1) is 11.0. The van der Waals surface area contributed by atoms with Crippen molar-refractivity contribution in [2.45, 2.75) is 19.8 Å². The number of rotatable bonds is 7. The molecule has 23 heavy (non-hydrogen) atoms. The van der Waals surface area contributed by atoms with Gasteiger partial charge in [0, 0.05) is 6.54 Å². The molecule has 1 heterocycles. The lowest BCUT2D eigenvalue weighted by molar-refractivity contribution is -0.121. The molecule has 8 heteroatoms. The topological polar surface area (TPSA) is 98.0 Å². The number of nitrogens with one attached hydrogen (secondary N) is 1. The van der Waals surface area contributed by atoms with E-state index in [1.807, 2.05) is 6.92 Å². The van der Waals surface area contributed by atoms with Gasteiger partial charge in [0.15, 0.2) is 0 Å². The third-order valence-electron chi connectivity index (χ3n) is 3.40. The lowest BCUT2D eigenvalue weighted by Gasteiger charge is -2.14. The molecule has 0 bridgehead atoms. The molecule has 6 nitrogen and oxygen atoms in total. The van der Waals surface area contributed by atoms with Gasteiger partial charge in [-0.1, -0.05) is 23.5 Å². The van der Waals surface area contributed by atoms with E-state index in [1.165, 1.54) is 12.1 Å². The van der Waals surface area contributed by atoms with Crippen LogP contribution >= 0.6 is 11.5 Å². The molecule has 1 unspecified atom stereocenters. The average Bonchev–Trinajstić information content (AvgIpc) is 3.01. The number of nitrogens with zero attached hydrogens (tertiary/aromatic N) is 2. The zero-order chi connectivity index (χ0) is 16.8. The number of halogens is 1. The molecular weight excluding hydrogens is 319 g/mol. The summed E-state index contributed by atoms with van der Waals surface area (Å²) >= 11 is 1.02. The SMILES string of the molecule is CCc1nnsc1C(=O)NCC(Cc1ccc(F)cc1)C(N)=O. The fraction of sp³-hybridized carbons (Fsp3) is 0.333. The smallest absolute Gasteiger partial charge is 0.264 e. The summed E-state index contributed by atoms with van der Waals surface area (Å²) < 4.78 is 16.7. The van der Waals surface area contributed by atoms with Crippen molar-refractivity contribution in [1.82, 2.24) is 14.9 Å². The summed E-state index contributed by atoms with van der Waals surface area (Å²) in [5.41, 5.74) is 6.79. The molecule has 122 valence electrons. The molecule has 0 fully saturated rings. The molecule has 2 amide bonds.